The molecule has 4 N–H and O–H groups in total. The number of carbonyl (C=O) groups excluding carboxylic acids is 1. The van der Waals surface area contributed by atoms with Gasteiger partial charge in [-0.3, -0.25) is 4.98 Å². The van der Waals surface area contributed by atoms with Crippen molar-refractivity contribution in [1.82, 2.24) is 10.4 Å². The highest BCUT2D eigenvalue weighted by Gasteiger charge is 2.16. The van der Waals surface area contributed by atoms with Crippen LogP contribution in [0.3, 0.4) is 0 Å². The Balaban J connectivity index is 2.47. The quantitative estimate of drug-likeness (QED) is 0.593. The number of hydrogen-bond acceptors (Lipinski definition) is 4. The topological polar surface area (TPSA) is 101 Å². The van der Waals surface area contributed by atoms with Gasteiger partial charge in [0.05, 0.1) is 11.8 Å². The minimum absolute atomic E-state index is 0.0797. The second kappa shape index (κ2) is 5.95. The van der Waals surface area contributed by atoms with Crippen molar-refractivity contribution in [2.45, 2.75) is 0 Å². The number of amides is 2. The van der Waals surface area contributed by atoms with Crippen LogP contribution in [-0.2, 0) is 0 Å². The van der Waals surface area contributed by atoms with Gasteiger partial charge in [-0.15, -0.1) is 0 Å². The fourth-order valence-electron chi connectivity index (χ4n) is 1.68. The number of urea groups is 1. The van der Waals surface area contributed by atoms with Gasteiger partial charge >= 0.3 is 6.03 Å². The van der Waals surface area contributed by atoms with Crippen LogP contribution in [0.4, 0.5) is 13.6 Å². The number of hydrazone groups is 1. The lowest BCUT2D eigenvalue weighted by Gasteiger charge is -2.08. The van der Waals surface area contributed by atoms with Crippen molar-refractivity contribution in [3.8, 4) is 16.9 Å². The van der Waals surface area contributed by atoms with E-state index in [1.807, 2.05) is 5.43 Å². The zero-order valence-electron chi connectivity index (χ0n) is 10.5. The molecule has 2 rings (SSSR count). The van der Waals surface area contributed by atoms with Crippen molar-refractivity contribution < 1.29 is 18.7 Å². The summed E-state index contributed by atoms with van der Waals surface area (Å²) < 4.78 is 27.5. The number of aromatic hydroxyl groups is 1. The molecule has 0 atom stereocenters. The Kier molecular flexibility index (Phi) is 4.07. The second-order valence-electron chi connectivity index (χ2n) is 3.92. The lowest BCUT2D eigenvalue weighted by Crippen LogP contribution is -2.24. The van der Waals surface area contributed by atoms with Gasteiger partial charge in [0.1, 0.15) is 17.3 Å². The summed E-state index contributed by atoms with van der Waals surface area (Å²) in [6.07, 6.45) is 2.24. The largest absolute Gasteiger partial charge is 0.505 e. The Morgan fingerprint density at radius 1 is 1.33 bits per heavy atom. The zero-order valence-corrected chi connectivity index (χ0v) is 10.5. The van der Waals surface area contributed by atoms with Crippen molar-refractivity contribution in [2.24, 2.45) is 10.8 Å². The molecule has 2 aromatic rings. The van der Waals surface area contributed by atoms with Crippen LogP contribution in [0.15, 0.2) is 35.6 Å². The van der Waals surface area contributed by atoms with E-state index < -0.39 is 23.4 Å². The van der Waals surface area contributed by atoms with E-state index in [0.717, 1.165) is 18.3 Å². The van der Waals surface area contributed by atoms with Crippen LogP contribution in [0.25, 0.3) is 11.1 Å². The van der Waals surface area contributed by atoms with Crippen molar-refractivity contribution in [3.05, 3.63) is 47.8 Å². The first-order chi connectivity index (χ1) is 10.0. The molecule has 0 saturated heterocycles. The number of nitrogens with one attached hydrogen (secondary N) is 1. The summed E-state index contributed by atoms with van der Waals surface area (Å²) in [7, 11) is 0. The van der Waals surface area contributed by atoms with Crippen LogP contribution in [0.2, 0.25) is 0 Å². The molecule has 1 heterocycles. The average molecular weight is 292 g/mol. The van der Waals surface area contributed by atoms with Crippen LogP contribution in [0.1, 0.15) is 5.69 Å². The molecule has 0 unspecified atom stereocenters. The minimum Gasteiger partial charge on any atom is -0.505 e. The number of rotatable bonds is 3. The Morgan fingerprint density at radius 3 is 2.62 bits per heavy atom. The first-order valence-electron chi connectivity index (χ1n) is 5.71. The average Bonchev–Trinajstić information content (AvgIpc) is 2.41. The number of aromatic nitrogens is 1. The Labute approximate surface area is 117 Å². The lowest BCUT2D eigenvalue weighted by molar-refractivity contribution is 0.249. The van der Waals surface area contributed by atoms with Gasteiger partial charge < -0.3 is 10.8 Å². The fourth-order valence-corrected chi connectivity index (χ4v) is 1.68. The van der Waals surface area contributed by atoms with Crippen LogP contribution in [0.5, 0.6) is 5.75 Å². The lowest BCUT2D eigenvalue weighted by atomic mass is 10.0. The highest BCUT2D eigenvalue weighted by molar-refractivity contribution is 5.87. The van der Waals surface area contributed by atoms with Gasteiger partial charge in [-0.1, -0.05) is 6.07 Å². The monoisotopic (exact) mass is 292 g/mol. The van der Waals surface area contributed by atoms with E-state index in [1.165, 1.54) is 18.3 Å². The molecule has 0 spiro atoms. The number of hydrogen-bond donors (Lipinski definition) is 3. The van der Waals surface area contributed by atoms with Crippen LogP contribution < -0.4 is 11.2 Å². The van der Waals surface area contributed by atoms with Gasteiger partial charge in [0.25, 0.3) is 0 Å². The van der Waals surface area contributed by atoms with Gasteiger partial charge in [-0.2, -0.15) is 5.10 Å². The number of halogens is 2. The highest BCUT2D eigenvalue weighted by atomic mass is 19.1. The maximum atomic E-state index is 13.7. The minimum atomic E-state index is -0.901. The zero-order chi connectivity index (χ0) is 15.4. The van der Waals surface area contributed by atoms with Gasteiger partial charge in [-0.05, 0) is 18.2 Å². The molecule has 0 saturated carbocycles. The Bertz CT molecular complexity index is 699. The maximum absolute atomic E-state index is 13.7. The third-order valence-electron chi connectivity index (χ3n) is 2.55. The molecule has 8 heteroatoms. The molecule has 6 nitrogen and oxygen atoms in total. The maximum Gasteiger partial charge on any atom is 0.332 e. The van der Waals surface area contributed by atoms with Gasteiger partial charge in [0.2, 0.25) is 0 Å². The fraction of sp³-hybridized carbons (Fsp3) is 0. The van der Waals surface area contributed by atoms with Gasteiger partial charge in [0, 0.05) is 11.8 Å². The summed E-state index contributed by atoms with van der Waals surface area (Å²) in [5.41, 5.74) is 6.18. The van der Waals surface area contributed by atoms with Crippen molar-refractivity contribution in [2.75, 3.05) is 0 Å². The third kappa shape index (κ3) is 3.11. The Morgan fingerprint density at radius 2 is 2.00 bits per heavy atom. The number of nitrogens with two attached hydrogens (primary N) is 1. The molecule has 0 aliphatic heterocycles. The summed E-state index contributed by atoms with van der Waals surface area (Å²) >= 11 is 0. The summed E-state index contributed by atoms with van der Waals surface area (Å²) in [6, 6.07) is 3.71. The van der Waals surface area contributed by atoms with Crippen LogP contribution >= 0.6 is 0 Å². The summed E-state index contributed by atoms with van der Waals surface area (Å²) in [6.45, 7) is 0. The predicted octanol–water partition coefficient (Wildman–Crippen LogP) is 1.73. The normalized spacial score (nSPS) is 10.8. The van der Waals surface area contributed by atoms with E-state index in [-0.39, 0.29) is 16.8 Å². The molecule has 0 bridgehead atoms. The molecule has 1 aromatic heterocycles. The predicted molar refractivity (Wildman–Crippen MR) is 71.6 cm³/mol. The van der Waals surface area contributed by atoms with E-state index in [1.54, 1.807) is 0 Å². The van der Waals surface area contributed by atoms with E-state index in [2.05, 4.69) is 10.1 Å². The smallest absolute Gasteiger partial charge is 0.332 e. The van der Waals surface area contributed by atoms with Crippen molar-refractivity contribution in [3.63, 3.8) is 0 Å². The van der Waals surface area contributed by atoms with Gasteiger partial charge in [-0.25, -0.2) is 19.0 Å². The molecule has 2 amide bonds. The SMILES string of the molecule is NC(=O)NN=Cc1nccc(-c2c(F)cccc2F)c1O. The molecule has 108 valence electrons. The molecular formula is C13H10F2N4O2. The van der Waals surface area contributed by atoms with E-state index >= 15 is 0 Å². The molecule has 1 aromatic carbocycles. The number of pyridine rings is 1. The highest BCUT2D eigenvalue weighted by Crippen LogP contribution is 2.33. The first kappa shape index (κ1) is 14.4. The van der Waals surface area contributed by atoms with Crippen molar-refractivity contribution in [1.29, 1.82) is 0 Å². The third-order valence-corrected chi connectivity index (χ3v) is 2.55. The first-order valence-corrected chi connectivity index (χ1v) is 5.71. The molecule has 0 aliphatic rings. The molecule has 0 fully saturated rings. The molecule has 21 heavy (non-hydrogen) atoms. The van der Waals surface area contributed by atoms with Crippen molar-refractivity contribution >= 4 is 12.2 Å². The van der Waals surface area contributed by atoms with Gasteiger partial charge in [0.15, 0.2) is 5.75 Å². The standard InChI is InChI=1S/C13H10F2N4O2/c14-8-2-1-3-9(15)11(8)7-4-5-17-10(12(7)20)6-18-19-13(16)21/h1-6,20H,(H3,16,19,21). The van der Waals surface area contributed by atoms with E-state index in [4.69, 9.17) is 5.73 Å². The second-order valence-corrected chi connectivity index (χ2v) is 3.92. The Hall–Kier alpha value is -3.03. The molecule has 0 radical (unpaired) electrons. The number of nitrogens with zero attached hydrogens (tertiary/aromatic N) is 2. The van der Waals surface area contributed by atoms with Crippen LogP contribution in [-0.4, -0.2) is 22.3 Å². The number of carbonyl (C=O) groups is 1. The summed E-state index contributed by atoms with van der Waals surface area (Å²) in [4.78, 5) is 14.3. The summed E-state index contributed by atoms with van der Waals surface area (Å²) in [5.74, 6) is -2.12. The van der Waals surface area contributed by atoms with Crippen LogP contribution in [0, 0.1) is 11.6 Å². The molecular weight excluding hydrogens is 282 g/mol. The number of benzene rings is 1. The summed E-state index contributed by atoms with van der Waals surface area (Å²) in [5, 5.41) is 13.4. The number of primary amides is 1. The molecule has 0 aliphatic carbocycles. The van der Waals surface area contributed by atoms with E-state index in [0.29, 0.717) is 0 Å². The van der Waals surface area contributed by atoms with E-state index in [9.17, 15) is 18.7 Å².